The third kappa shape index (κ3) is 20.9. The summed E-state index contributed by atoms with van der Waals surface area (Å²) in [6.45, 7) is 13.8. The van der Waals surface area contributed by atoms with Crippen LogP contribution < -0.4 is 21.3 Å². The molecule has 0 spiro atoms. The first kappa shape index (κ1) is 25.7. The summed E-state index contributed by atoms with van der Waals surface area (Å²) in [7, 11) is 0. The molecule has 0 amide bonds. The normalized spacial score (nSPS) is 10.1. The highest BCUT2D eigenvalue weighted by Crippen LogP contribution is 1.86. The minimum absolute atomic E-state index is 0.570. The number of ether oxygens (including phenoxy) is 3. The predicted molar refractivity (Wildman–Crippen MR) is 119 cm³/mol. The van der Waals surface area contributed by atoms with Crippen LogP contribution in [0.3, 0.4) is 0 Å². The van der Waals surface area contributed by atoms with Crippen molar-refractivity contribution in [1.82, 2.24) is 21.3 Å². The van der Waals surface area contributed by atoms with E-state index in [0.29, 0.717) is 63.0 Å². The van der Waals surface area contributed by atoms with Crippen molar-refractivity contribution >= 4 is 34.7 Å². The molecule has 0 radical (unpaired) electrons. The lowest BCUT2D eigenvalue weighted by Crippen LogP contribution is -2.36. The van der Waals surface area contributed by atoms with Crippen molar-refractivity contribution in [2.45, 2.75) is 12.8 Å². The molecule has 9 heteroatoms. The highest BCUT2D eigenvalue weighted by Gasteiger charge is 1.95. The Morgan fingerprint density at radius 2 is 1.00 bits per heavy atom. The van der Waals surface area contributed by atoms with E-state index < -0.39 is 0 Å². The van der Waals surface area contributed by atoms with Gasteiger partial charge < -0.3 is 35.5 Å². The SMILES string of the molecule is C=CCNC(=S)NCCCOCCOCCOCCCNC(=S)NCC=C. The molecule has 0 aliphatic heterocycles. The Kier molecular flexibility index (Phi) is 20.1. The smallest absolute Gasteiger partial charge is 0.166 e. The van der Waals surface area contributed by atoms with Gasteiger partial charge in [-0.05, 0) is 37.3 Å². The van der Waals surface area contributed by atoms with E-state index in [-0.39, 0.29) is 0 Å². The molecule has 27 heavy (non-hydrogen) atoms. The van der Waals surface area contributed by atoms with Crippen LogP contribution in [-0.2, 0) is 14.2 Å². The van der Waals surface area contributed by atoms with E-state index in [1.807, 2.05) is 0 Å². The average molecular weight is 419 g/mol. The first-order valence-corrected chi connectivity index (χ1v) is 10.0. The van der Waals surface area contributed by atoms with Crippen molar-refractivity contribution in [3.8, 4) is 0 Å². The monoisotopic (exact) mass is 418 g/mol. The van der Waals surface area contributed by atoms with Gasteiger partial charge in [-0.2, -0.15) is 0 Å². The van der Waals surface area contributed by atoms with Gasteiger partial charge in [0, 0.05) is 39.4 Å². The zero-order chi connectivity index (χ0) is 20.0. The van der Waals surface area contributed by atoms with Gasteiger partial charge in [0.2, 0.25) is 0 Å². The van der Waals surface area contributed by atoms with E-state index in [9.17, 15) is 0 Å². The summed E-state index contributed by atoms with van der Waals surface area (Å²) in [5.74, 6) is 0. The lowest BCUT2D eigenvalue weighted by Gasteiger charge is -2.10. The van der Waals surface area contributed by atoms with Crippen LogP contribution in [0.1, 0.15) is 12.8 Å². The second kappa shape index (κ2) is 21.0. The standard InChI is InChI=1S/C18H34N4O3S2/c1-3-7-19-17(26)21-9-5-11-23-13-15-25-16-14-24-12-6-10-22-18(27)20-8-4-2/h3-4H,1-2,5-16H2,(H2,19,21,26)(H2,20,22,27). The molecule has 0 bridgehead atoms. The molecular formula is C18H34N4O3S2. The Morgan fingerprint density at radius 3 is 1.37 bits per heavy atom. The minimum atomic E-state index is 0.570. The fourth-order valence-corrected chi connectivity index (χ4v) is 2.12. The van der Waals surface area contributed by atoms with E-state index >= 15 is 0 Å². The number of nitrogens with one attached hydrogen (secondary N) is 4. The molecule has 7 nitrogen and oxygen atoms in total. The molecule has 0 heterocycles. The van der Waals surface area contributed by atoms with Crippen molar-refractivity contribution in [3.05, 3.63) is 25.3 Å². The zero-order valence-electron chi connectivity index (χ0n) is 16.1. The molecule has 0 aromatic carbocycles. The number of thiocarbonyl (C=S) groups is 2. The van der Waals surface area contributed by atoms with Crippen LogP contribution in [-0.4, -0.2) is 76.0 Å². The van der Waals surface area contributed by atoms with Gasteiger partial charge in [0.15, 0.2) is 10.2 Å². The van der Waals surface area contributed by atoms with Crippen molar-refractivity contribution in [1.29, 1.82) is 0 Å². The molecule has 0 aliphatic rings. The van der Waals surface area contributed by atoms with Crippen LogP contribution >= 0.6 is 24.4 Å². The van der Waals surface area contributed by atoms with Crippen molar-refractivity contribution < 1.29 is 14.2 Å². The van der Waals surface area contributed by atoms with E-state index in [0.717, 1.165) is 25.9 Å². The second-order valence-electron chi connectivity index (χ2n) is 5.40. The molecule has 0 saturated heterocycles. The Balaban J connectivity index is 3.14. The number of rotatable bonds is 18. The second-order valence-corrected chi connectivity index (χ2v) is 6.21. The van der Waals surface area contributed by atoms with Crippen molar-refractivity contribution in [2.75, 3.05) is 65.8 Å². The third-order valence-corrected chi connectivity index (χ3v) is 3.64. The molecule has 0 atom stereocenters. The van der Waals surface area contributed by atoms with E-state index in [1.54, 1.807) is 12.2 Å². The maximum Gasteiger partial charge on any atom is 0.166 e. The molecule has 0 fully saturated rings. The average Bonchev–Trinajstić information content (AvgIpc) is 2.67. The topological polar surface area (TPSA) is 75.8 Å². The van der Waals surface area contributed by atoms with Gasteiger partial charge in [-0.25, -0.2) is 0 Å². The van der Waals surface area contributed by atoms with E-state index in [4.69, 9.17) is 38.6 Å². The Hall–Kier alpha value is -1.26. The maximum absolute atomic E-state index is 5.49. The van der Waals surface area contributed by atoms with Crippen molar-refractivity contribution in [2.24, 2.45) is 0 Å². The summed E-state index contributed by atoms with van der Waals surface area (Å²) in [6, 6.07) is 0. The van der Waals surface area contributed by atoms with Crippen LogP contribution in [0.4, 0.5) is 0 Å². The van der Waals surface area contributed by atoms with Gasteiger partial charge in [0.25, 0.3) is 0 Å². The summed E-state index contributed by atoms with van der Waals surface area (Å²) in [5.41, 5.74) is 0. The van der Waals surface area contributed by atoms with Gasteiger partial charge in [-0.3, -0.25) is 0 Å². The fraction of sp³-hybridized carbons (Fsp3) is 0.667. The molecule has 156 valence electrons. The molecule has 0 unspecified atom stereocenters. The van der Waals surface area contributed by atoms with Crippen LogP contribution in [0.15, 0.2) is 25.3 Å². The Morgan fingerprint density at radius 1 is 0.630 bits per heavy atom. The Bertz CT molecular complexity index is 376. The van der Waals surface area contributed by atoms with Gasteiger partial charge in [0.05, 0.1) is 26.4 Å². The molecule has 0 aliphatic carbocycles. The molecule has 0 rings (SSSR count). The van der Waals surface area contributed by atoms with E-state index in [2.05, 4.69) is 34.4 Å². The Labute approximate surface area is 174 Å². The van der Waals surface area contributed by atoms with Crippen LogP contribution in [0.25, 0.3) is 0 Å². The number of hydrogen-bond acceptors (Lipinski definition) is 5. The molecule has 0 aromatic heterocycles. The highest BCUT2D eigenvalue weighted by molar-refractivity contribution is 7.80. The quantitative estimate of drug-likeness (QED) is 0.149. The minimum Gasteiger partial charge on any atom is -0.379 e. The van der Waals surface area contributed by atoms with Gasteiger partial charge in [-0.15, -0.1) is 13.2 Å². The lowest BCUT2D eigenvalue weighted by atomic mass is 10.4. The summed E-state index contributed by atoms with van der Waals surface area (Å²) >= 11 is 10.2. The van der Waals surface area contributed by atoms with Gasteiger partial charge >= 0.3 is 0 Å². The van der Waals surface area contributed by atoms with Crippen LogP contribution in [0.5, 0.6) is 0 Å². The molecule has 4 N–H and O–H groups in total. The van der Waals surface area contributed by atoms with Gasteiger partial charge in [0.1, 0.15) is 0 Å². The lowest BCUT2D eigenvalue weighted by molar-refractivity contribution is 0.0141. The molecular weight excluding hydrogens is 384 g/mol. The fourth-order valence-electron chi connectivity index (χ4n) is 1.75. The highest BCUT2D eigenvalue weighted by atomic mass is 32.1. The van der Waals surface area contributed by atoms with Crippen LogP contribution in [0, 0.1) is 0 Å². The maximum atomic E-state index is 5.49. The third-order valence-electron chi connectivity index (χ3n) is 3.06. The first-order valence-electron chi connectivity index (χ1n) is 9.19. The van der Waals surface area contributed by atoms with Crippen LogP contribution in [0.2, 0.25) is 0 Å². The van der Waals surface area contributed by atoms with Crippen molar-refractivity contribution in [3.63, 3.8) is 0 Å². The molecule has 0 aromatic rings. The largest absolute Gasteiger partial charge is 0.379 e. The number of hydrogen-bond donors (Lipinski definition) is 4. The predicted octanol–water partition coefficient (Wildman–Crippen LogP) is 1.12. The van der Waals surface area contributed by atoms with Gasteiger partial charge in [-0.1, -0.05) is 12.2 Å². The summed E-state index contributed by atoms with van der Waals surface area (Å²) in [6.07, 6.45) is 5.30. The first-order chi connectivity index (χ1) is 13.2. The summed E-state index contributed by atoms with van der Waals surface area (Å²) in [4.78, 5) is 0. The van der Waals surface area contributed by atoms with E-state index in [1.165, 1.54) is 0 Å². The zero-order valence-corrected chi connectivity index (χ0v) is 17.7. The summed E-state index contributed by atoms with van der Waals surface area (Å²) < 4.78 is 16.4. The summed E-state index contributed by atoms with van der Waals surface area (Å²) in [5, 5.41) is 13.5. The molecule has 0 saturated carbocycles.